The third-order valence-electron chi connectivity index (χ3n) is 4.82. The van der Waals surface area contributed by atoms with E-state index in [2.05, 4.69) is 21.2 Å². The van der Waals surface area contributed by atoms with Crippen molar-refractivity contribution in [1.82, 2.24) is 9.80 Å². The highest BCUT2D eigenvalue weighted by Crippen LogP contribution is 2.50. The molecule has 1 unspecified atom stereocenters. The second-order valence-corrected chi connectivity index (χ2v) is 7.67. The van der Waals surface area contributed by atoms with Gasteiger partial charge in [-0.05, 0) is 42.3 Å². The molecule has 1 aliphatic heterocycles. The summed E-state index contributed by atoms with van der Waals surface area (Å²) in [4.78, 5) is 24.4. The van der Waals surface area contributed by atoms with Crippen molar-refractivity contribution in [3.8, 4) is 5.75 Å². The van der Waals surface area contributed by atoms with Crippen molar-refractivity contribution in [2.45, 2.75) is 39.7 Å². The summed E-state index contributed by atoms with van der Waals surface area (Å²) >= 11 is 9.12. The van der Waals surface area contributed by atoms with Crippen LogP contribution in [-0.4, -0.2) is 37.4 Å². The largest absolute Gasteiger partial charge is 0.495 e. The minimum atomic E-state index is -0.541. The molecular weight excluding hydrogens is 439 g/mol. The number of nitrogens with zero attached hydrogens (tertiary/aromatic N) is 1. The molecule has 1 heterocycles. The average molecular weight is 463 g/mol. The molecule has 0 radical (unpaired) electrons. The Morgan fingerprint density at radius 1 is 1.41 bits per heavy atom. The quantitative estimate of drug-likeness (QED) is 0.484. The zero-order valence-corrected chi connectivity index (χ0v) is 18.2. The number of hydrogen-bond acceptors (Lipinski definition) is 3. The molecule has 0 aliphatic carbocycles. The van der Waals surface area contributed by atoms with Crippen molar-refractivity contribution in [1.29, 1.82) is 0 Å². The highest BCUT2D eigenvalue weighted by atomic mass is 79.9. The van der Waals surface area contributed by atoms with Gasteiger partial charge in [0.15, 0.2) is 5.69 Å². The number of halogens is 3. The molecule has 27 heavy (non-hydrogen) atoms. The lowest BCUT2D eigenvalue weighted by atomic mass is 10.0. The van der Waals surface area contributed by atoms with Gasteiger partial charge in [-0.25, -0.2) is 4.79 Å². The fraction of sp³-hybridized carbons (Fsp3) is 0.474. The smallest absolute Gasteiger partial charge is 0.338 e. The van der Waals surface area contributed by atoms with E-state index in [0.717, 1.165) is 5.57 Å². The van der Waals surface area contributed by atoms with Crippen LogP contribution >= 0.6 is 27.5 Å². The minimum Gasteiger partial charge on any atom is -0.495 e. The molecular formula is C19H24BrClFN2O3+. The lowest BCUT2D eigenvalue weighted by Crippen LogP contribution is -2.54. The van der Waals surface area contributed by atoms with Crippen LogP contribution in [0.15, 0.2) is 16.7 Å². The molecule has 1 aromatic rings. The van der Waals surface area contributed by atoms with E-state index in [0.29, 0.717) is 30.7 Å². The second kappa shape index (κ2) is 8.71. The monoisotopic (exact) mass is 461 g/mol. The van der Waals surface area contributed by atoms with Crippen LogP contribution in [0.4, 0.5) is 10.1 Å². The van der Waals surface area contributed by atoms with Crippen LogP contribution in [-0.2, 0) is 9.59 Å². The number of nitrogens with one attached hydrogen (secondary N) is 1. The molecule has 0 spiro atoms. The summed E-state index contributed by atoms with van der Waals surface area (Å²) in [6, 6.07) is 1.47. The van der Waals surface area contributed by atoms with Crippen LogP contribution < -0.4 is 14.5 Å². The van der Waals surface area contributed by atoms with Crippen molar-refractivity contribution >= 4 is 50.6 Å². The molecule has 0 aromatic heterocycles. The van der Waals surface area contributed by atoms with E-state index in [-0.39, 0.29) is 38.4 Å². The topological polar surface area (TPSA) is 55.4 Å². The number of quaternary nitrogens is 1. The number of carbonyl (C=O) groups excluding carboxylic acids is 2. The average Bonchev–Trinajstić information content (AvgIpc) is 2.99. The SMILES string of the molecule is CCC(=O)NCCC1=C[N+](C(=O)CCl)(C(C)C)c2c1cc(OC)c(Br)c2F. The van der Waals surface area contributed by atoms with Gasteiger partial charge in [-0.1, -0.05) is 6.92 Å². The van der Waals surface area contributed by atoms with Gasteiger partial charge in [-0.2, -0.15) is 8.87 Å². The number of rotatable bonds is 7. The van der Waals surface area contributed by atoms with Crippen molar-refractivity contribution in [3.05, 3.63) is 28.1 Å². The van der Waals surface area contributed by atoms with Crippen LogP contribution in [0.2, 0.25) is 0 Å². The van der Waals surface area contributed by atoms with Crippen LogP contribution in [0, 0.1) is 5.82 Å². The van der Waals surface area contributed by atoms with Gasteiger partial charge in [0, 0.05) is 18.5 Å². The molecule has 8 heteroatoms. The first-order chi connectivity index (χ1) is 12.7. The van der Waals surface area contributed by atoms with E-state index in [1.54, 1.807) is 19.2 Å². The number of ether oxygens (including phenoxy) is 1. The molecule has 2 rings (SSSR count). The summed E-state index contributed by atoms with van der Waals surface area (Å²) in [6.07, 6.45) is 2.61. The molecule has 1 atom stereocenters. The first-order valence-corrected chi connectivity index (χ1v) is 10.1. The van der Waals surface area contributed by atoms with Crippen molar-refractivity contribution in [2.24, 2.45) is 0 Å². The number of benzene rings is 1. The van der Waals surface area contributed by atoms with Gasteiger partial charge < -0.3 is 10.1 Å². The third-order valence-corrected chi connectivity index (χ3v) is 5.79. The summed E-state index contributed by atoms with van der Waals surface area (Å²) in [7, 11) is 1.46. The predicted octanol–water partition coefficient (Wildman–Crippen LogP) is 4.35. The van der Waals surface area contributed by atoms with Crippen LogP contribution in [0.3, 0.4) is 0 Å². The molecule has 5 nitrogen and oxygen atoms in total. The highest BCUT2D eigenvalue weighted by Gasteiger charge is 2.50. The van der Waals surface area contributed by atoms with E-state index in [4.69, 9.17) is 16.3 Å². The standard InChI is InChI=1S/C19H23BrClFN2O3/c1-5-15(25)23-7-6-12-10-24(11(2)3,16(26)9-21)19-13(12)8-14(27-4)17(20)18(19)22/h8,10-11H,5-7,9H2,1-4H3/p+1. The fourth-order valence-corrected chi connectivity index (χ4v) is 4.04. The third kappa shape index (κ3) is 3.77. The van der Waals surface area contributed by atoms with Crippen LogP contribution in [0.5, 0.6) is 5.75 Å². The van der Waals surface area contributed by atoms with Crippen molar-refractivity contribution < 1.29 is 18.7 Å². The van der Waals surface area contributed by atoms with Gasteiger partial charge in [-0.3, -0.25) is 4.79 Å². The summed E-state index contributed by atoms with van der Waals surface area (Å²) in [6.45, 7) is 5.87. The molecule has 1 aliphatic rings. The number of carbonyl (C=O) groups is 2. The summed E-state index contributed by atoms with van der Waals surface area (Å²) < 4.78 is 20.5. The Morgan fingerprint density at radius 2 is 2.07 bits per heavy atom. The molecule has 2 amide bonds. The maximum absolute atomic E-state index is 15.3. The summed E-state index contributed by atoms with van der Waals surface area (Å²) in [5.41, 5.74) is 1.64. The van der Waals surface area contributed by atoms with Crippen LogP contribution in [0.1, 0.15) is 39.2 Å². The highest BCUT2D eigenvalue weighted by molar-refractivity contribution is 9.10. The molecule has 0 saturated carbocycles. The van der Waals surface area contributed by atoms with E-state index < -0.39 is 5.82 Å². The van der Waals surface area contributed by atoms with Gasteiger partial charge in [0.05, 0.1) is 18.7 Å². The maximum atomic E-state index is 15.3. The van der Waals surface area contributed by atoms with Gasteiger partial charge >= 0.3 is 5.91 Å². The Morgan fingerprint density at radius 3 is 2.59 bits per heavy atom. The van der Waals surface area contributed by atoms with Crippen LogP contribution in [0.25, 0.3) is 5.57 Å². The van der Waals surface area contributed by atoms with Gasteiger partial charge in [0.25, 0.3) is 0 Å². The Kier molecular flexibility index (Phi) is 7.05. The number of methoxy groups -OCH3 is 1. The normalized spacial score (nSPS) is 18.3. The predicted molar refractivity (Wildman–Crippen MR) is 109 cm³/mol. The van der Waals surface area contributed by atoms with Gasteiger partial charge in [-0.15, -0.1) is 11.6 Å². The van der Waals surface area contributed by atoms with E-state index >= 15 is 4.39 Å². The zero-order chi connectivity index (χ0) is 20.4. The Hall–Kier alpha value is -1.44. The van der Waals surface area contributed by atoms with Gasteiger partial charge in [0.1, 0.15) is 22.3 Å². The summed E-state index contributed by atoms with van der Waals surface area (Å²) in [5, 5.41) is 2.81. The molecule has 0 saturated heterocycles. The van der Waals surface area contributed by atoms with E-state index in [9.17, 15) is 9.59 Å². The number of amides is 2. The zero-order valence-electron chi connectivity index (χ0n) is 15.9. The molecule has 0 bridgehead atoms. The summed E-state index contributed by atoms with van der Waals surface area (Å²) in [5.74, 6) is -0.805. The fourth-order valence-electron chi connectivity index (χ4n) is 3.38. The van der Waals surface area contributed by atoms with Gasteiger partial charge in [0.2, 0.25) is 11.7 Å². The molecule has 1 N–H and O–H groups in total. The van der Waals surface area contributed by atoms with Crippen molar-refractivity contribution in [3.63, 3.8) is 0 Å². The van der Waals surface area contributed by atoms with E-state index in [1.807, 2.05) is 13.8 Å². The lowest BCUT2D eigenvalue weighted by Gasteiger charge is -2.33. The first-order valence-electron chi connectivity index (χ1n) is 8.77. The number of fused-ring (bicyclic) bond motifs is 1. The number of alkyl halides is 1. The number of hydrogen-bond donors (Lipinski definition) is 1. The minimum absolute atomic E-state index is 0.0603. The molecule has 148 valence electrons. The van der Waals surface area contributed by atoms with E-state index in [1.165, 1.54) is 7.11 Å². The van der Waals surface area contributed by atoms with Crippen molar-refractivity contribution in [2.75, 3.05) is 19.5 Å². The Bertz CT molecular complexity index is 798. The molecule has 1 aromatic carbocycles. The lowest BCUT2D eigenvalue weighted by molar-refractivity contribution is -0.126. The molecule has 0 fully saturated rings. The Labute approximate surface area is 172 Å². The maximum Gasteiger partial charge on any atom is 0.338 e. The first kappa shape index (κ1) is 21.9. The Balaban J connectivity index is 2.62. The second-order valence-electron chi connectivity index (χ2n) is 6.61.